The maximum Gasteiger partial charge on any atom is 0.243 e. The third-order valence-electron chi connectivity index (χ3n) is 10.8. The van der Waals surface area contributed by atoms with Crippen LogP contribution in [-0.2, 0) is 48.0 Å². The highest BCUT2D eigenvalue weighted by atomic mass is 16.3. The number of nitrogens with two attached hydrogens (primary N) is 1. The minimum Gasteiger partial charge on any atom is -0.390 e. The number of hydrogen-bond donors (Lipinski definition) is 7. The molecule has 0 aliphatic rings. The molecule has 62 heavy (non-hydrogen) atoms. The predicted molar refractivity (Wildman–Crippen MR) is 240 cm³/mol. The number of nitrogens with one attached hydrogen (secondary N) is 5. The summed E-state index contributed by atoms with van der Waals surface area (Å²) < 4.78 is 0. The molecule has 6 amide bonds. The molecule has 0 aromatic heterocycles. The molecule has 0 heterocycles. The van der Waals surface area contributed by atoms with Gasteiger partial charge in [-0.1, -0.05) is 142 Å². The van der Waals surface area contributed by atoms with E-state index in [0.717, 1.165) is 38.2 Å². The summed E-state index contributed by atoms with van der Waals surface area (Å²) in [5.74, 6) is -3.48. The lowest BCUT2D eigenvalue weighted by molar-refractivity contribution is -0.133. The Labute approximate surface area is 362 Å². The normalized spacial score (nSPS) is 14.1. The zero-order valence-corrected chi connectivity index (χ0v) is 35.6. The summed E-state index contributed by atoms with van der Waals surface area (Å²) >= 11 is 0. The first-order valence-electron chi connectivity index (χ1n) is 21.3. The molecule has 0 aliphatic carbocycles. The number of carbonyl (C=O) groups is 6. The lowest BCUT2D eigenvalue weighted by atomic mass is 9.97. The van der Waals surface area contributed by atoms with Crippen molar-refractivity contribution >= 4 is 57.0 Å². The molecule has 0 fully saturated rings. The summed E-state index contributed by atoms with van der Waals surface area (Å²) in [5, 5.41) is 29.5. The standard InChI is InChI=1S/C49H58N6O7/c1-4-13-39(47(60)55-42(46(50)59)28-33-21-23-35-17-9-11-19-37(35)25-33)52-45(58)30-44(57)41(27-32-15-7-6-8-16-32)54-48(61)40(14-5-2)53-49(62)43(51-31(3)56)29-34-22-24-36-18-10-12-20-38(36)26-34/h6-12,15-26,39-44,57H,4-5,13-14,27-30H2,1-3H3,(H2,50,59)(H,51,56)(H,52,58)(H,53,62)(H,54,61)(H,55,60)/t39-,40-,41?,42-,43-,44?/m0/s1. The Bertz CT molecular complexity index is 2340. The first-order chi connectivity index (χ1) is 29.8. The third-order valence-corrected chi connectivity index (χ3v) is 10.8. The number of amides is 6. The van der Waals surface area contributed by atoms with Crippen LogP contribution in [-0.4, -0.2) is 76.9 Å². The van der Waals surface area contributed by atoms with Crippen molar-refractivity contribution in [1.29, 1.82) is 0 Å². The van der Waals surface area contributed by atoms with E-state index in [1.54, 1.807) is 0 Å². The quantitative estimate of drug-likeness (QED) is 0.0537. The van der Waals surface area contributed by atoms with Crippen molar-refractivity contribution in [2.75, 3.05) is 0 Å². The van der Waals surface area contributed by atoms with Crippen LogP contribution in [0.5, 0.6) is 0 Å². The van der Waals surface area contributed by atoms with Gasteiger partial charge in [0.15, 0.2) is 0 Å². The Balaban J connectivity index is 1.25. The van der Waals surface area contributed by atoms with Crippen LogP contribution in [0.15, 0.2) is 115 Å². The highest BCUT2D eigenvalue weighted by Gasteiger charge is 2.32. The van der Waals surface area contributed by atoms with E-state index in [0.29, 0.717) is 12.8 Å². The van der Waals surface area contributed by atoms with Gasteiger partial charge in [0.05, 0.1) is 18.6 Å². The second kappa shape index (κ2) is 22.8. The fraction of sp³-hybridized carbons (Fsp3) is 0.347. The Morgan fingerprint density at radius 3 is 1.52 bits per heavy atom. The van der Waals surface area contributed by atoms with Crippen molar-refractivity contribution in [3.8, 4) is 0 Å². The van der Waals surface area contributed by atoms with Gasteiger partial charge in [-0.05, 0) is 57.5 Å². The van der Waals surface area contributed by atoms with Gasteiger partial charge in [-0.2, -0.15) is 0 Å². The fourth-order valence-corrected chi connectivity index (χ4v) is 7.56. The van der Waals surface area contributed by atoms with Crippen molar-refractivity contribution in [3.63, 3.8) is 0 Å². The van der Waals surface area contributed by atoms with Gasteiger partial charge in [0.1, 0.15) is 24.2 Å². The summed E-state index contributed by atoms with van der Waals surface area (Å²) in [4.78, 5) is 79.6. The Hall–Kier alpha value is -6.60. The van der Waals surface area contributed by atoms with E-state index in [1.807, 2.05) is 129 Å². The number of carbonyl (C=O) groups excluding carboxylic acids is 6. The van der Waals surface area contributed by atoms with Crippen LogP contribution in [0.3, 0.4) is 0 Å². The minimum absolute atomic E-state index is 0.149. The number of primary amides is 1. The first kappa shape index (κ1) is 46.5. The van der Waals surface area contributed by atoms with E-state index in [9.17, 15) is 33.9 Å². The van der Waals surface area contributed by atoms with Crippen LogP contribution in [0, 0.1) is 0 Å². The highest BCUT2D eigenvalue weighted by Crippen LogP contribution is 2.19. The molecule has 13 heteroatoms. The monoisotopic (exact) mass is 842 g/mol. The topological polar surface area (TPSA) is 209 Å². The van der Waals surface area contributed by atoms with Gasteiger partial charge in [-0.3, -0.25) is 28.8 Å². The van der Waals surface area contributed by atoms with Gasteiger partial charge in [0.25, 0.3) is 0 Å². The Kier molecular flexibility index (Phi) is 17.1. The largest absolute Gasteiger partial charge is 0.390 e. The lowest BCUT2D eigenvalue weighted by Gasteiger charge is -2.28. The maximum absolute atomic E-state index is 14.0. The molecular weight excluding hydrogens is 785 g/mol. The van der Waals surface area contributed by atoms with Crippen molar-refractivity contribution in [1.82, 2.24) is 26.6 Å². The molecule has 0 aliphatic heterocycles. The summed E-state index contributed by atoms with van der Waals surface area (Å²) in [6.07, 6.45) is 0.169. The van der Waals surface area contributed by atoms with Crippen molar-refractivity contribution < 1.29 is 33.9 Å². The molecule has 2 unspecified atom stereocenters. The van der Waals surface area contributed by atoms with Gasteiger partial charge in [0.2, 0.25) is 35.4 Å². The predicted octanol–water partition coefficient (Wildman–Crippen LogP) is 4.30. The van der Waals surface area contributed by atoms with E-state index in [-0.39, 0.29) is 32.1 Å². The number of benzene rings is 5. The van der Waals surface area contributed by atoms with Crippen molar-refractivity contribution in [2.24, 2.45) is 5.73 Å². The highest BCUT2D eigenvalue weighted by molar-refractivity contribution is 5.93. The molecule has 0 saturated heterocycles. The van der Waals surface area contributed by atoms with Gasteiger partial charge >= 0.3 is 0 Å². The van der Waals surface area contributed by atoms with Crippen LogP contribution in [0.1, 0.15) is 69.6 Å². The Morgan fingerprint density at radius 1 is 0.516 bits per heavy atom. The maximum atomic E-state index is 14.0. The van der Waals surface area contributed by atoms with Gasteiger partial charge < -0.3 is 37.4 Å². The van der Waals surface area contributed by atoms with Crippen LogP contribution < -0.4 is 32.3 Å². The summed E-state index contributed by atoms with van der Waals surface area (Å²) in [7, 11) is 0. The Morgan fingerprint density at radius 2 is 0.984 bits per heavy atom. The van der Waals surface area contributed by atoms with Crippen LogP contribution in [0.25, 0.3) is 21.5 Å². The molecule has 0 radical (unpaired) electrons. The molecule has 0 saturated carbocycles. The van der Waals surface area contributed by atoms with E-state index in [2.05, 4.69) is 26.6 Å². The smallest absolute Gasteiger partial charge is 0.243 e. The van der Waals surface area contributed by atoms with E-state index >= 15 is 0 Å². The molecule has 326 valence electrons. The third kappa shape index (κ3) is 13.7. The van der Waals surface area contributed by atoms with Crippen LogP contribution in [0.2, 0.25) is 0 Å². The molecule has 5 rings (SSSR count). The zero-order valence-electron chi connectivity index (χ0n) is 35.6. The molecule has 5 aromatic carbocycles. The van der Waals surface area contributed by atoms with Crippen LogP contribution in [0.4, 0.5) is 0 Å². The summed E-state index contributed by atoms with van der Waals surface area (Å²) in [5.41, 5.74) is 8.13. The second-order valence-electron chi connectivity index (χ2n) is 15.8. The average molecular weight is 843 g/mol. The summed E-state index contributed by atoms with van der Waals surface area (Å²) in [6, 6.07) is 31.2. The number of fused-ring (bicyclic) bond motifs is 2. The molecule has 0 spiro atoms. The van der Waals surface area contributed by atoms with Gasteiger partial charge in [-0.25, -0.2) is 0 Å². The SMILES string of the molecule is CCC[C@H](NC(=O)CC(O)C(Cc1ccccc1)NC(=O)[C@H](CCC)NC(=O)[C@H](Cc1ccc2ccccc2c1)NC(C)=O)C(=O)N[C@@H](Cc1ccc2ccccc2c1)C(N)=O. The molecular formula is C49H58N6O7. The minimum atomic E-state index is -1.41. The molecule has 0 bridgehead atoms. The number of aliphatic hydroxyl groups excluding tert-OH is 1. The van der Waals surface area contributed by atoms with E-state index in [4.69, 9.17) is 5.73 Å². The number of rotatable bonds is 22. The second-order valence-corrected chi connectivity index (χ2v) is 15.8. The number of aliphatic hydroxyl groups is 1. The average Bonchev–Trinajstić information content (AvgIpc) is 3.25. The van der Waals surface area contributed by atoms with Crippen molar-refractivity contribution in [3.05, 3.63) is 132 Å². The van der Waals surface area contributed by atoms with Crippen molar-refractivity contribution in [2.45, 2.75) is 108 Å². The van der Waals surface area contributed by atoms with Crippen LogP contribution >= 0.6 is 0 Å². The summed E-state index contributed by atoms with van der Waals surface area (Å²) in [6.45, 7) is 5.04. The lowest BCUT2D eigenvalue weighted by Crippen LogP contribution is -2.57. The first-order valence-corrected chi connectivity index (χ1v) is 21.3. The fourth-order valence-electron chi connectivity index (χ4n) is 7.56. The van der Waals surface area contributed by atoms with E-state index in [1.165, 1.54) is 6.92 Å². The molecule has 8 N–H and O–H groups in total. The van der Waals surface area contributed by atoms with Gasteiger partial charge in [-0.15, -0.1) is 0 Å². The zero-order chi connectivity index (χ0) is 44.6. The molecule has 13 nitrogen and oxygen atoms in total. The van der Waals surface area contributed by atoms with Gasteiger partial charge in [0, 0.05) is 19.8 Å². The number of hydrogen-bond acceptors (Lipinski definition) is 7. The molecule has 6 atom stereocenters. The molecule has 5 aromatic rings. The van der Waals surface area contributed by atoms with E-state index < -0.39 is 78.2 Å².